The van der Waals surface area contributed by atoms with Crippen LogP contribution in [0.2, 0.25) is 0 Å². The van der Waals surface area contributed by atoms with Gasteiger partial charge in [0.05, 0.1) is 76.8 Å². The summed E-state index contributed by atoms with van der Waals surface area (Å²) in [7, 11) is -9.75. The summed E-state index contributed by atoms with van der Waals surface area (Å²) in [5, 5.41) is 32.0. The van der Waals surface area contributed by atoms with E-state index in [0.29, 0.717) is 51.4 Å². The van der Waals surface area contributed by atoms with Gasteiger partial charge >= 0.3 is 27.6 Å². The number of amides is 4. The van der Waals surface area contributed by atoms with Gasteiger partial charge in [-0.05, 0) is 117 Å². The summed E-state index contributed by atoms with van der Waals surface area (Å²) in [4.78, 5) is 103. The fourth-order valence-corrected chi connectivity index (χ4v) is 14.5. The van der Waals surface area contributed by atoms with E-state index >= 15 is 0 Å². The van der Waals surface area contributed by atoms with Crippen molar-refractivity contribution in [1.29, 1.82) is 0 Å². The molecule has 0 spiro atoms. The van der Waals surface area contributed by atoms with Crippen LogP contribution in [0.4, 0.5) is 0 Å². The van der Waals surface area contributed by atoms with E-state index in [1.165, 1.54) is 78.1 Å². The molecule has 0 aromatic rings. The number of esters is 2. The number of hydrogen-bond acceptors (Lipinski definition) is 20. The van der Waals surface area contributed by atoms with E-state index in [-0.39, 0.29) is 71.2 Å². The largest absolute Gasteiger partial charge is 0.472 e. The van der Waals surface area contributed by atoms with Gasteiger partial charge in [-0.25, -0.2) is 9.13 Å². The quantitative estimate of drug-likeness (QED) is 0.0121. The van der Waals surface area contributed by atoms with E-state index in [9.17, 15) is 57.9 Å². The smallest absolute Gasteiger partial charge is 0.462 e. The molecule has 1 heterocycles. The summed E-state index contributed by atoms with van der Waals surface area (Å²) in [6.07, 6.45) is 45.0. The molecule has 1 saturated heterocycles. The second-order valence-corrected chi connectivity index (χ2v) is 34.0. The standard InChI is InChI=1S/C85H160N4O22P2/c1-9-15-21-27-30-33-36-42-48-54-76(109-80(95)56-50-44-38-35-32-29-23-17-11-3)66-78(93)89-72(68-103-62-58-74(91)52-46-40-25-19-13-5)70-107-113(100,101)105-64-60-87-84(97)82-81(110-85(7,8)111-82)83(96)86-59-63-104-112(98,99)106-69-71(67-102-61-57-73(90)51-45-39-24-18-12-4)88-77(92)65-75(53-47-41-26-20-14-6)108-79(94)55-49-43-37-34-31-28-22-16-10-2/h34-35,37-38,71-76,81-82,90-91H,9-33,36,39-70H2,1-8H3,(H,86,96)(H,87,97)(H,88,92)(H,89,93)(H,98,99)(H,100,101)/t71?,72?,73-,74-,75-,76+,81?,82?/m1/s1. The third-order valence-corrected chi connectivity index (χ3v) is 21.6. The van der Waals surface area contributed by atoms with E-state index in [1.54, 1.807) is 0 Å². The first-order valence-electron chi connectivity index (χ1n) is 44.4. The molecule has 1 fully saturated rings. The van der Waals surface area contributed by atoms with Crippen molar-refractivity contribution >= 4 is 51.2 Å². The average Bonchev–Trinajstić information content (AvgIpc) is 1.66. The number of allylic oxidation sites excluding steroid dienone is 4. The van der Waals surface area contributed by atoms with Gasteiger partial charge in [0.15, 0.2) is 18.0 Å². The summed E-state index contributed by atoms with van der Waals surface area (Å²) >= 11 is 0. The first kappa shape index (κ1) is 107. The van der Waals surface area contributed by atoms with Crippen molar-refractivity contribution < 1.29 is 104 Å². The molecule has 0 saturated carbocycles. The van der Waals surface area contributed by atoms with Crippen LogP contribution >= 0.6 is 15.6 Å². The Balaban J connectivity index is 3.08. The molecule has 28 heteroatoms. The molecular formula is C85H160N4O22P2. The molecule has 4 amide bonds. The van der Waals surface area contributed by atoms with Gasteiger partial charge in [-0.15, -0.1) is 0 Å². The van der Waals surface area contributed by atoms with Crippen LogP contribution in [0.5, 0.6) is 0 Å². The molecule has 0 bridgehead atoms. The number of rotatable bonds is 80. The number of carbonyl (C=O) groups excluding carboxylic acids is 6. The van der Waals surface area contributed by atoms with Gasteiger partial charge in [0.1, 0.15) is 12.2 Å². The Labute approximate surface area is 682 Å². The number of unbranched alkanes of at least 4 members (excludes halogenated alkanes) is 30. The van der Waals surface area contributed by atoms with Crippen molar-refractivity contribution in [2.24, 2.45) is 0 Å². The van der Waals surface area contributed by atoms with Crippen LogP contribution in [0.3, 0.4) is 0 Å². The highest BCUT2D eigenvalue weighted by atomic mass is 31.2. The fourth-order valence-electron chi connectivity index (χ4n) is 13.0. The predicted molar refractivity (Wildman–Crippen MR) is 445 cm³/mol. The molecule has 0 aromatic heterocycles. The zero-order valence-electron chi connectivity index (χ0n) is 71.5. The summed E-state index contributed by atoms with van der Waals surface area (Å²) in [5.74, 6) is -4.90. The van der Waals surface area contributed by atoms with Crippen LogP contribution in [0, 0.1) is 0 Å². The molecule has 0 aromatic carbocycles. The Bertz CT molecular complexity index is 2550. The number of phosphoric acid groups is 2. The van der Waals surface area contributed by atoms with Crippen molar-refractivity contribution in [2.45, 2.75) is 418 Å². The molecule has 1 rings (SSSR count). The molecule has 10 atom stereocenters. The Morgan fingerprint density at radius 3 is 1.03 bits per heavy atom. The molecule has 0 aliphatic carbocycles. The molecule has 8 N–H and O–H groups in total. The van der Waals surface area contributed by atoms with Crippen molar-refractivity contribution in [3.63, 3.8) is 0 Å². The van der Waals surface area contributed by atoms with Crippen molar-refractivity contribution in [3.05, 3.63) is 24.3 Å². The molecule has 26 nitrogen and oxygen atoms in total. The van der Waals surface area contributed by atoms with Crippen molar-refractivity contribution in [1.82, 2.24) is 21.3 Å². The lowest BCUT2D eigenvalue weighted by molar-refractivity contribution is -0.159. The van der Waals surface area contributed by atoms with Gasteiger partial charge in [-0.3, -0.25) is 46.9 Å². The number of aliphatic hydroxyl groups is 2. The van der Waals surface area contributed by atoms with Crippen LogP contribution in [-0.4, -0.2) is 176 Å². The third-order valence-electron chi connectivity index (χ3n) is 19.6. The van der Waals surface area contributed by atoms with Crippen LogP contribution in [0.25, 0.3) is 0 Å². The van der Waals surface area contributed by atoms with Gasteiger partial charge in [0, 0.05) is 39.1 Å². The highest BCUT2D eigenvalue weighted by Crippen LogP contribution is 2.44. The number of hydrogen-bond donors (Lipinski definition) is 8. The van der Waals surface area contributed by atoms with Gasteiger partial charge in [-0.2, -0.15) is 0 Å². The first-order valence-corrected chi connectivity index (χ1v) is 47.3. The maximum Gasteiger partial charge on any atom is 0.472 e. The van der Waals surface area contributed by atoms with Gasteiger partial charge < -0.3 is 69.7 Å². The van der Waals surface area contributed by atoms with Gasteiger partial charge in [0.2, 0.25) is 11.8 Å². The normalized spacial score (nSPS) is 17.0. The molecule has 1 aliphatic heterocycles. The molecule has 113 heavy (non-hydrogen) atoms. The Morgan fingerprint density at radius 1 is 0.389 bits per heavy atom. The zero-order chi connectivity index (χ0) is 83.3. The SMILES string of the molecule is CCCCCCC=CCCCC(=O)O[C@H](CCCCCCC)CC(=O)NC(COCC[C@H](O)CCCCCCC)COP(=O)(O)OCCNC(=O)C1OC(C)(C)OC1C(=O)NCCOP(=O)(O)OCC(COCC[C@H](O)CCCCCCC)NC(=O)C[C@H](CCCCCCCCCCC)OC(=O)CCCC=CCCCCCC. The van der Waals surface area contributed by atoms with Crippen LogP contribution < -0.4 is 21.3 Å². The minimum atomic E-state index is -4.88. The topological polar surface area (TPSA) is 358 Å². The summed E-state index contributed by atoms with van der Waals surface area (Å²) in [6, 6.07) is -1.97. The molecule has 662 valence electrons. The lowest BCUT2D eigenvalue weighted by Gasteiger charge is -2.23. The van der Waals surface area contributed by atoms with Crippen LogP contribution in [-0.2, 0) is 84.4 Å². The third kappa shape index (κ3) is 64.0. The summed E-state index contributed by atoms with van der Waals surface area (Å²) in [5.41, 5.74) is 0. The van der Waals surface area contributed by atoms with E-state index in [4.69, 9.17) is 46.5 Å². The molecular weight excluding hydrogens is 1490 g/mol. The Hall–Kier alpha value is -3.72. The Kier molecular flexibility index (Phi) is 67.6. The average molecular weight is 1650 g/mol. The molecule has 0 radical (unpaired) electrons. The maximum atomic E-state index is 13.9. The fraction of sp³-hybridized carbons (Fsp3) is 0.882. The Morgan fingerprint density at radius 2 is 0.690 bits per heavy atom. The number of aliphatic hydroxyl groups excluding tert-OH is 2. The number of carbonyl (C=O) groups is 6. The minimum Gasteiger partial charge on any atom is -0.462 e. The highest BCUT2D eigenvalue weighted by molar-refractivity contribution is 7.47. The number of nitrogens with one attached hydrogen (secondary N) is 4. The predicted octanol–water partition coefficient (Wildman–Crippen LogP) is 17.5. The monoisotopic (exact) mass is 1650 g/mol. The van der Waals surface area contributed by atoms with E-state index in [2.05, 4.69) is 87.1 Å². The van der Waals surface area contributed by atoms with Gasteiger partial charge in [-0.1, -0.05) is 246 Å². The second kappa shape index (κ2) is 71.2. The summed E-state index contributed by atoms with van der Waals surface area (Å²) in [6.45, 7) is 12.9. The van der Waals surface area contributed by atoms with E-state index < -0.39 is 126 Å². The highest BCUT2D eigenvalue weighted by Gasteiger charge is 2.49. The van der Waals surface area contributed by atoms with E-state index in [0.717, 1.165) is 167 Å². The van der Waals surface area contributed by atoms with Crippen LogP contribution in [0.15, 0.2) is 24.3 Å². The van der Waals surface area contributed by atoms with Crippen molar-refractivity contribution in [2.75, 3.05) is 65.9 Å². The number of ether oxygens (including phenoxy) is 6. The van der Waals surface area contributed by atoms with E-state index in [1.807, 2.05) is 0 Å². The second-order valence-electron chi connectivity index (χ2n) is 31.1. The molecule has 6 unspecified atom stereocenters. The van der Waals surface area contributed by atoms with Crippen molar-refractivity contribution in [3.8, 4) is 0 Å². The lowest BCUT2D eigenvalue weighted by atomic mass is 10.0. The first-order chi connectivity index (χ1) is 54.4. The summed E-state index contributed by atoms with van der Waals surface area (Å²) < 4.78 is 83.2. The van der Waals surface area contributed by atoms with Crippen LogP contribution in [0.1, 0.15) is 364 Å². The maximum absolute atomic E-state index is 13.9. The van der Waals surface area contributed by atoms with Gasteiger partial charge in [0.25, 0.3) is 11.8 Å². The minimum absolute atomic E-state index is 0.132. The molecule has 1 aliphatic rings. The zero-order valence-corrected chi connectivity index (χ0v) is 73.3. The number of phosphoric ester groups is 2. The lowest BCUT2D eigenvalue weighted by Crippen LogP contribution is -2.48.